The summed E-state index contributed by atoms with van der Waals surface area (Å²) >= 11 is 6.37. The number of imidazole rings is 1. The SMILES string of the molecule is CCC/C=C/N(C(=O)c1cn(Cc2ccc(N(C=O)OCC)cc2Cl)c(C)n1)[SH](=O)=O. The zero-order valence-corrected chi connectivity index (χ0v) is 19.2. The smallest absolute Gasteiger partial charge is 0.291 e. The van der Waals surface area contributed by atoms with Gasteiger partial charge in [-0.05, 0) is 38.0 Å². The molecule has 2 aromatic rings. The van der Waals surface area contributed by atoms with Crippen LogP contribution in [-0.2, 0) is 27.1 Å². The topological polar surface area (TPSA) is 102 Å². The highest BCUT2D eigenvalue weighted by Crippen LogP contribution is 2.25. The van der Waals surface area contributed by atoms with Crippen molar-refractivity contribution >= 4 is 40.5 Å². The fourth-order valence-electron chi connectivity index (χ4n) is 2.72. The van der Waals surface area contributed by atoms with Crippen molar-refractivity contribution in [3.05, 3.63) is 58.8 Å². The monoisotopic (exact) mass is 468 g/mol. The molecule has 168 valence electrons. The van der Waals surface area contributed by atoms with Crippen LogP contribution in [0, 0.1) is 6.92 Å². The number of halogens is 1. The molecule has 0 aliphatic rings. The summed E-state index contributed by atoms with van der Waals surface area (Å²) in [7, 11) is -3.13. The summed E-state index contributed by atoms with van der Waals surface area (Å²) in [5.74, 6) is -0.212. The number of aromatic nitrogens is 2. The van der Waals surface area contributed by atoms with Gasteiger partial charge in [-0.1, -0.05) is 37.1 Å². The molecule has 0 saturated carbocycles. The van der Waals surface area contributed by atoms with Gasteiger partial charge in [0.2, 0.25) is 17.3 Å². The molecule has 0 unspecified atom stereocenters. The maximum Gasteiger partial charge on any atom is 0.291 e. The number of anilines is 1. The predicted octanol–water partition coefficient (Wildman–Crippen LogP) is 3.09. The molecule has 0 N–H and O–H groups in total. The normalized spacial score (nSPS) is 11.3. The standard InChI is InChI=1S/C20H25ClN4O5S/c1-4-6-7-10-25(31(28)29)20(27)19-13-23(15(3)22-19)12-16-8-9-17(11-18(16)21)24(14-26)30-5-2/h7-11,13-14,31H,4-6,12H2,1-3H3/b10-7+. The Morgan fingerprint density at radius 3 is 2.65 bits per heavy atom. The first-order valence-corrected chi connectivity index (χ1v) is 11.2. The number of hydrogen-bond donors (Lipinski definition) is 1. The van der Waals surface area contributed by atoms with E-state index in [4.69, 9.17) is 16.4 Å². The number of rotatable bonds is 11. The van der Waals surface area contributed by atoms with E-state index in [9.17, 15) is 18.0 Å². The average Bonchev–Trinajstić information content (AvgIpc) is 3.10. The maximum atomic E-state index is 12.6. The molecule has 1 heterocycles. The Hall–Kier alpha value is -2.69. The summed E-state index contributed by atoms with van der Waals surface area (Å²) in [4.78, 5) is 33.2. The second-order valence-corrected chi connectivity index (χ2v) is 7.80. The van der Waals surface area contributed by atoms with E-state index in [0.29, 0.717) is 46.8 Å². The van der Waals surface area contributed by atoms with Gasteiger partial charge in [-0.3, -0.25) is 14.4 Å². The van der Waals surface area contributed by atoms with Crippen molar-refractivity contribution in [2.45, 2.75) is 40.2 Å². The summed E-state index contributed by atoms with van der Waals surface area (Å²) in [6, 6.07) is 5.02. The highest BCUT2D eigenvalue weighted by Gasteiger charge is 2.20. The van der Waals surface area contributed by atoms with Crippen LogP contribution in [0.3, 0.4) is 0 Å². The van der Waals surface area contributed by atoms with Gasteiger partial charge in [0.25, 0.3) is 5.91 Å². The van der Waals surface area contributed by atoms with Crippen molar-refractivity contribution < 1.29 is 22.8 Å². The van der Waals surface area contributed by atoms with Crippen molar-refractivity contribution in [2.24, 2.45) is 0 Å². The van der Waals surface area contributed by atoms with Crippen LogP contribution in [0.25, 0.3) is 0 Å². The number of thiol groups is 1. The van der Waals surface area contributed by atoms with Gasteiger partial charge in [-0.15, -0.1) is 0 Å². The van der Waals surface area contributed by atoms with Crippen LogP contribution >= 0.6 is 11.6 Å². The molecular formula is C20H25ClN4O5S. The van der Waals surface area contributed by atoms with Gasteiger partial charge in [0.15, 0.2) is 0 Å². The van der Waals surface area contributed by atoms with Crippen LogP contribution in [0.5, 0.6) is 0 Å². The second kappa shape index (κ2) is 11.6. The third kappa shape index (κ3) is 6.39. The molecule has 1 aromatic carbocycles. The van der Waals surface area contributed by atoms with Crippen molar-refractivity contribution in [1.29, 1.82) is 0 Å². The van der Waals surface area contributed by atoms with E-state index in [1.54, 1.807) is 42.7 Å². The number of unbranched alkanes of at least 4 members (excludes halogenated alkanes) is 1. The molecule has 0 atom stereocenters. The Morgan fingerprint density at radius 1 is 1.32 bits per heavy atom. The molecule has 31 heavy (non-hydrogen) atoms. The van der Waals surface area contributed by atoms with E-state index in [1.807, 2.05) is 6.92 Å². The number of carbonyl (C=O) groups is 2. The Bertz CT molecular complexity index is 1030. The number of benzene rings is 1. The third-order valence-electron chi connectivity index (χ3n) is 4.28. The highest BCUT2D eigenvalue weighted by atomic mass is 35.5. The van der Waals surface area contributed by atoms with Crippen LogP contribution in [0.4, 0.5) is 5.69 Å². The molecule has 0 aliphatic heterocycles. The summed E-state index contributed by atoms with van der Waals surface area (Å²) in [5.41, 5.74) is 1.22. The summed E-state index contributed by atoms with van der Waals surface area (Å²) < 4.78 is 25.3. The molecular weight excluding hydrogens is 444 g/mol. The summed E-state index contributed by atoms with van der Waals surface area (Å²) in [6.45, 7) is 6.04. The molecule has 2 amide bonds. The fraction of sp³-hybridized carbons (Fsp3) is 0.350. The van der Waals surface area contributed by atoms with Crippen molar-refractivity contribution in [1.82, 2.24) is 13.9 Å². The maximum absolute atomic E-state index is 12.6. The Labute approximate surface area is 187 Å². The zero-order valence-electron chi connectivity index (χ0n) is 17.5. The van der Waals surface area contributed by atoms with Gasteiger partial charge in [-0.2, -0.15) is 5.06 Å². The van der Waals surface area contributed by atoms with Gasteiger partial charge in [0.05, 0.1) is 18.8 Å². The first-order chi connectivity index (χ1) is 14.8. The van der Waals surface area contributed by atoms with E-state index in [-0.39, 0.29) is 5.69 Å². The molecule has 1 aromatic heterocycles. The lowest BCUT2D eigenvalue weighted by molar-refractivity contribution is -0.113. The van der Waals surface area contributed by atoms with Crippen molar-refractivity contribution in [2.75, 3.05) is 11.7 Å². The minimum absolute atomic E-state index is 0.00840. The molecule has 9 nitrogen and oxygen atoms in total. The molecule has 11 heteroatoms. The molecule has 0 saturated heterocycles. The average molecular weight is 469 g/mol. The summed E-state index contributed by atoms with van der Waals surface area (Å²) in [5, 5.41) is 1.48. The predicted molar refractivity (Wildman–Crippen MR) is 118 cm³/mol. The van der Waals surface area contributed by atoms with Gasteiger partial charge < -0.3 is 4.57 Å². The van der Waals surface area contributed by atoms with Crippen molar-refractivity contribution in [3.63, 3.8) is 0 Å². The van der Waals surface area contributed by atoms with Gasteiger partial charge in [0, 0.05) is 17.4 Å². The van der Waals surface area contributed by atoms with Crippen LogP contribution in [0.1, 0.15) is 48.6 Å². The number of amides is 2. The van der Waals surface area contributed by atoms with Gasteiger partial charge >= 0.3 is 0 Å². The number of hydrogen-bond acceptors (Lipinski definition) is 6. The Kier molecular flexibility index (Phi) is 9.22. The van der Waals surface area contributed by atoms with Crippen LogP contribution in [0.2, 0.25) is 5.02 Å². The highest BCUT2D eigenvalue weighted by molar-refractivity contribution is 7.70. The third-order valence-corrected chi connectivity index (χ3v) is 5.30. The number of aryl methyl sites for hydroxylation is 1. The van der Waals surface area contributed by atoms with Crippen LogP contribution in [0.15, 0.2) is 36.7 Å². The van der Waals surface area contributed by atoms with E-state index >= 15 is 0 Å². The molecule has 0 bridgehead atoms. The Balaban J connectivity index is 2.25. The zero-order chi connectivity index (χ0) is 23.0. The molecule has 0 aliphatic carbocycles. The van der Waals surface area contributed by atoms with Crippen molar-refractivity contribution in [3.8, 4) is 0 Å². The van der Waals surface area contributed by atoms with E-state index in [2.05, 4.69) is 4.98 Å². The quantitative estimate of drug-likeness (QED) is 0.309. The van der Waals surface area contributed by atoms with Crippen LogP contribution in [-0.4, -0.2) is 41.2 Å². The first-order valence-electron chi connectivity index (χ1n) is 9.66. The van der Waals surface area contributed by atoms with Crippen LogP contribution < -0.4 is 5.06 Å². The Morgan fingerprint density at radius 2 is 2.06 bits per heavy atom. The molecule has 0 spiro atoms. The largest absolute Gasteiger partial charge is 0.330 e. The lowest BCUT2D eigenvalue weighted by atomic mass is 10.2. The number of carbonyl (C=O) groups excluding carboxylic acids is 2. The number of nitrogens with zero attached hydrogens (tertiary/aromatic N) is 4. The van der Waals surface area contributed by atoms with Gasteiger partial charge in [0.1, 0.15) is 11.5 Å². The van der Waals surface area contributed by atoms with E-state index < -0.39 is 16.8 Å². The fourth-order valence-corrected chi connectivity index (χ4v) is 3.40. The first kappa shape index (κ1) is 24.6. The van der Waals surface area contributed by atoms with E-state index in [1.165, 1.54) is 12.4 Å². The number of allylic oxidation sites excluding steroid dienone is 1. The second-order valence-electron chi connectivity index (χ2n) is 6.49. The summed E-state index contributed by atoms with van der Waals surface area (Å²) in [6.07, 6.45) is 6.39. The van der Waals surface area contributed by atoms with E-state index in [0.717, 1.165) is 17.0 Å². The molecule has 0 radical (unpaired) electrons. The molecule has 2 rings (SSSR count). The van der Waals surface area contributed by atoms with Gasteiger partial charge in [-0.25, -0.2) is 17.7 Å². The lowest BCUT2D eigenvalue weighted by Crippen LogP contribution is -2.24. The number of hydroxylamine groups is 1. The molecule has 0 fully saturated rings. The minimum Gasteiger partial charge on any atom is -0.330 e. The lowest BCUT2D eigenvalue weighted by Gasteiger charge is -2.17. The minimum atomic E-state index is -3.13.